The van der Waals surface area contributed by atoms with Crippen molar-refractivity contribution in [3.05, 3.63) is 102 Å². The summed E-state index contributed by atoms with van der Waals surface area (Å²) in [6.07, 6.45) is 0.591. The van der Waals surface area contributed by atoms with Gasteiger partial charge in [-0.05, 0) is 35.2 Å². The minimum Gasteiger partial charge on any atom is -0.357 e. The van der Waals surface area contributed by atoms with Gasteiger partial charge in [0.1, 0.15) is 6.04 Å². The zero-order chi connectivity index (χ0) is 25.3. The summed E-state index contributed by atoms with van der Waals surface area (Å²) in [5.74, 6) is -0.436. The summed E-state index contributed by atoms with van der Waals surface area (Å²) < 4.78 is 26.8. The SMILES string of the molecule is CCNS(=O)(=O)c1ccc(CCC(=O)N(Cc2ccccc2)[C@H](C(=O)NC)c2ccccc2)cc1. The number of sulfonamides is 1. The maximum atomic E-state index is 13.5. The summed E-state index contributed by atoms with van der Waals surface area (Å²) in [7, 11) is -1.97. The van der Waals surface area contributed by atoms with Gasteiger partial charge in [0.15, 0.2) is 0 Å². The van der Waals surface area contributed by atoms with Crippen molar-refractivity contribution in [3.63, 3.8) is 0 Å². The fourth-order valence-electron chi connectivity index (χ4n) is 3.85. The Bertz CT molecular complexity index is 1210. The molecule has 2 N–H and O–H groups in total. The fraction of sp³-hybridized carbons (Fsp3) is 0.259. The number of likely N-dealkylation sites (N-methyl/N-ethyl adjacent to an activating group) is 1. The molecule has 0 radical (unpaired) electrons. The monoisotopic (exact) mass is 493 g/mol. The van der Waals surface area contributed by atoms with E-state index in [0.29, 0.717) is 13.0 Å². The Hall–Kier alpha value is -3.49. The number of nitrogens with one attached hydrogen (secondary N) is 2. The fourth-order valence-corrected chi connectivity index (χ4v) is 4.89. The lowest BCUT2D eigenvalue weighted by Crippen LogP contribution is -2.42. The third kappa shape index (κ3) is 7.00. The van der Waals surface area contributed by atoms with Gasteiger partial charge in [0.05, 0.1) is 4.90 Å². The van der Waals surface area contributed by atoms with Crippen LogP contribution in [0.4, 0.5) is 0 Å². The Labute approximate surface area is 207 Å². The van der Waals surface area contributed by atoms with Crippen molar-refractivity contribution >= 4 is 21.8 Å². The predicted molar refractivity (Wildman–Crippen MR) is 136 cm³/mol. The molecule has 8 heteroatoms. The van der Waals surface area contributed by atoms with Gasteiger partial charge in [0.25, 0.3) is 0 Å². The molecule has 0 spiro atoms. The van der Waals surface area contributed by atoms with Crippen LogP contribution in [0.5, 0.6) is 0 Å². The molecule has 3 aromatic carbocycles. The second-order valence-electron chi connectivity index (χ2n) is 8.08. The molecule has 35 heavy (non-hydrogen) atoms. The Morgan fingerprint density at radius 1 is 0.857 bits per heavy atom. The lowest BCUT2D eigenvalue weighted by Gasteiger charge is -2.31. The van der Waals surface area contributed by atoms with Crippen molar-refractivity contribution in [2.75, 3.05) is 13.6 Å². The highest BCUT2D eigenvalue weighted by Gasteiger charge is 2.30. The second kappa shape index (κ2) is 12.3. The molecule has 0 aromatic heterocycles. The number of nitrogens with zero attached hydrogens (tertiary/aromatic N) is 1. The summed E-state index contributed by atoms with van der Waals surface area (Å²) in [4.78, 5) is 28.2. The van der Waals surface area contributed by atoms with Crippen LogP contribution in [0.1, 0.15) is 36.1 Å². The van der Waals surface area contributed by atoms with Crippen molar-refractivity contribution in [2.45, 2.75) is 37.2 Å². The van der Waals surface area contributed by atoms with Gasteiger partial charge < -0.3 is 10.2 Å². The lowest BCUT2D eigenvalue weighted by atomic mass is 10.0. The predicted octanol–water partition coefficient (Wildman–Crippen LogP) is 3.43. The highest BCUT2D eigenvalue weighted by atomic mass is 32.2. The first kappa shape index (κ1) is 26.1. The molecule has 0 fully saturated rings. The van der Waals surface area contributed by atoms with Crippen molar-refractivity contribution in [1.82, 2.24) is 14.9 Å². The van der Waals surface area contributed by atoms with E-state index >= 15 is 0 Å². The van der Waals surface area contributed by atoms with E-state index in [-0.39, 0.29) is 29.7 Å². The molecule has 2 amide bonds. The number of benzene rings is 3. The molecule has 3 aromatic rings. The van der Waals surface area contributed by atoms with E-state index < -0.39 is 16.1 Å². The minimum absolute atomic E-state index is 0.171. The Balaban J connectivity index is 1.83. The second-order valence-corrected chi connectivity index (χ2v) is 9.85. The van der Waals surface area contributed by atoms with Crippen LogP contribution in [0, 0.1) is 0 Å². The van der Waals surface area contributed by atoms with E-state index in [2.05, 4.69) is 10.0 Å². The molecule has 7 nitrogen and oxygen atoms in total. The van der Waals surface area contributed by atoms with Crippen LogP contribution in [-0.4, -0.2) is 38.7 Å². The van der Waals surface area contributed by atoms with Crippen molar-refractivity contribution in [3.8, 4) is 0 Å². The molecule has 0 aliphatic carbocycles. The topological polar surface area (TPSA) is 95.6 Å². The molecule has 184 valence electrons. The molecular formula is C27H31N3O4S. The van der Waals surface area contributed by atoms with Crippen LogP contribution in [0.3, 0.4) is 0 Å². The smallest absolute Gasteiger partial charge is 0.247 e. The van der Waals surface area contributed by atoms with Gasteiger partial charge in [-0.2, -0.15) is 0 Å². The maximum Gasteiger partial charge on any atom is 0.247 e. The van der Waals surface area contributed by atoms with Gasteiger partial charge in [-0.1, -0.05) is 79.7 Å². The average Bonchev–Trinajstić information content (AvgIpc) is 2.88. The standard InChI is InChI=1S/C27H31N3O4S/c1-3-29-35(33,34)24-17-14-21(15-18-24)16-19-25(31)30(20-22-10-6-4-7-11-22)26(27(32)28-2)23-12-8-5-9-13-23/h4-15,17-18,26,29H,3,16,19-20H2,1-2H3,(H,28,32)/t26-/m0/s1. The molecule has 0 bridgehead atoms. The van der Waals surface area contributed by atoms with Gasteiger partial charge in [-0.25, -0.2) is 13.1 Å². The Morgan fingerprint density at radius 3 is 2.03 bits per heavy atom. The van der Waals surface area contributed by atoms with E-state index in [4.69, 9.17) is 0 Å². The number of hydrogen-bond acceptors (Lipinski definition) is 4. The molecule has 0 saturated carbocycles. The number of rotatable bonds is 11. The maximum absolute atomic E-state index is 13.5. The molecule has 1 atom stereocenters. The van der Waals surface area contributed by atoms with Gasteiger partial charge in [0, 0.05) is 26.6 Å². The molecule has 0 aliphatic heterocycles. The van der Waals surface area contributed by atoms with E-state index in [1.165, 1.54) is 12.1 Å². The Kier molecular flexibility index (Phi) is 9.17. The summed E-state index contributed by atoms with van der Waals surface area (Å²) >= 11 is 0. The normalized spacial score (nSPS) is 12.1. The Morgan fingerprint density at radius 2 is 1.46 bits per heavy atom. The van der Waals surface area contributed by atoms with Crippen LogP contribution in [0.2, 0.25) is 0 Å². The number of carbonyl (C=O) groups excluding carboxylic acids is 2. The zero-order valence-corrected chi connectivity index (χ0v) is 20.8. The third-order valence-electron chi connectivity index (χ3n) is 5.63. The first-order valence-electron chi connectivity index (χ1n) is 11.5. The highest BCUT2D eigenvalue weighted by molar-refractivity contribution is 7.89. The summed E-state index contributed by atoms with van der Waals surface area (Å²) in [5, 5.41) is 2.69. The first-order chi connectivity index (χ1) is 16.9. The average molecular weight is 494 g/mol. The quantitative estimate of drug-likeness (QED) is 0.428. The minimum atomic E-state index is -3.53. The third-order valence-corrected chi connectivity index (χ3v) is 7.19. The van der Waals surface area contributed by atoms with Crippen LogP contribution < -0.4 is 10.0 Å². The molecule has 0 aliphatic rings. The summed E-state index contributed by atoms with van der Waals surface area (Å²) in [6.45, 7) is 2.32. The van der Waals surface area contributed by atoms with E-state index in [1.54, 1.807) is 31.0 Å². The summed E-state index contributed by atoms with van der Waals surface area (Å²) in [6, 6.07) is 24.5. The molecule has 3 rings (SSSR count). The van der Waals surface area contributed by atoms with Crippen molar-refractivity contribution < 1.29 is 18.0 Å². The van der Waals surface area contributed by atoms with Crippen molar-refractivity contribution in [1.29, 1.82) is 0 Å². The molecular weight excluding hydrogens is 462 g/mol. The van der Waals surface area contributed by atoms with Crippen molar-refractivity contribution in [2.24, 2.45) is 0 Å². The number of carbonyl (C=O) groups is 2. The number of amides is 2. The van der Waals surface area contributed by atoms with E-state index in [0.717, 1.165) is 16.7 Å². The summed E-state index contributed by atoms with van der Waals surface area (Å²) in [5.41, 5.74) is 2.49. The van der Waals surface area contributed by atoms with E-state index in [1.807, 2.05) is 60.7 Å². The van der Waals surface area contributed by atoms with Crippen LogP contribution in [0.15, 0.2) is 89.8 Å². The zero-order valence-electron chi connectivity index (χ0n) is 20.0. The van der Waals surface area contributed by atoms with E-state index in [9.17, 15) is 18.0 Å². The van der Waals surface area contributed by atoms with Gasteiger partial charge in [-0.15, -0.1) is 0 Å². The molecule has 0 heterocycles. The number of aryl methyl sites for hydroxylation is 1. The molecule has 0 saturated heterocycles. The lowest BCUT2D eigenvalue weighted by molar-refractivity contribution is -0.141. The van der Waals surface area contributed by atoms with Gasteiger partial charge in [0.2, 0.25) is 21.8 Å². The van der Waals surface area contributed by atoms with Crippen LogP contribution in [-0.2, 0) is 32.6 Å². The van der Waals surface area contributed by atoms with Crippen LogP contribution in [0.25, 0.3) is 0 Å². The van der Waals surface area contributed by atoms with Gasteiger partial charge in [-0.3, -0.25) is 9.59 Å². The van der Waals surface area contributed by atoms with Gasteiger partial charge >= 0.3 is 0 Å². The number of hydrogen-bond donors (Lipinski definition) is 2. The highest BCUT2D eigenvalue weighted by Crippen LogP contribution is 2.25. The molecule has 0 unspecified atom stereocenters. The largest absolute Gasteiger partial charge is 0.357 e. The first-order valence-corrected chi connectivity index (χ1v) is 13.0. The van der Waals surface area contributed by atoms with Crippen LogP contribution >= 0.6 is 0 Å².